The molecule has 3 aromatic carbocycles. The highest BCUT2D eigenvalue weighted by molar-refractivity contribution is 8.04. The first-order chi connectivity index (χ1) is 14.7. The number of hydrogen-bond donors (Lipinski definition) is 0. The molecule has 0 fully saturated rings. The summed E-state index contributed by atoms with van der Waals surface area (Å²) < 4.78 is 0. The number of amides is 2. The van der Waals surface area contributed by atoms with Crippen LogP contribution in [0.2, 0.25) is 0 Å². The fourth-order valence-corrected chi connectivity index (χ4v) is 4.49. The van der Waals surface area contributed by atoms with Gasteiger partial charge in [-0.3, -0.25) is 14.5 Å². The number of nitrogens with zero attached hydrogens (tertiary/aromatic N) is 2. The highest BCUT2D eigenvalue weighted by Gasteiger charge is 2.41. The number of rotatable bonds is 7. The topological polar surface area (TPSA) is 40.6 Å². The Hall–Kier alpha value is -3.31. The maximum Gasteiger partial charge on any atom is 0.279 e. The Bertz CT molecular complexity index is 1070. The zero-order valence-electron chi connectivity index (χ0n) is 16.7. The van der Waals surface area contributed by atoms with Gasteiger partial charge in [-0.1, -0.05) is 78.5 Å². The molecular weight excluding hydrogens is 392 g/mol. The van der Waals surface area contributed by atoms with Gasteiger partial charge in [0.2, 0.25) is 0 Å². The summed E-state index contributed by atoms with van der Waals surface area (Å²) in [6, 6.07) is 29.0. The maximum absolute atomic E-state index is 13.5. The molecule has 4 rings (SSSR count). The highest BCUT2D eigenvalue weighted by atomic mass is 32.2. The van der Waals surface area contributed by atoms with Crippen molar-refractivity contribution in [3.8, 4) is 0 Å². The minimum Gasteiger partial charge on any atom is -0.336 e. The number of likely N-dealkylation sites (N-methyl/N-ethyl adjacent to an activating group) is 1. The summed E-state index contributed by atoms with van der Waals surface area (Å²) in [7, 11) is 0. The second kappa shape index (κ2) is 9.01. The van der Waals surface area contributed by atoms with E-state index in [1.54, 1.807) is 0 Å². The average molecular weight is 415 g/mol. The second-order valence-corrected chi connectivity index (χ2v) is 7.94. The van der Waals surface area contributed by atoms with Crippen LogP contribution in [0.4, 0.5) is 5.69 Å². The minimum absolute atomic E-state index is 0.248. The van der Waals surface area contributed by atoms with Crippen molar-refractivity contribution < 1.29 is 9.59 Å². The molecule has 0 aliphatic carbocycles. The van der Waals surface area contributed by atoms with Crippen LogP contribution in [0.25, 0.3) is 0 Å². The van der Waals surface area contributed by atoms with Crippen LogP contribution >= 0.6 is 11.8 Å². The van der Waals surface area contributed by atoms with Gasteiger partial charge in [-0.15, -0.1) is 0 Å². The number of carbonyl (C=O) groups excluding carboxylic acids is 2. The van der Waals surface area contributed by atoms with Crippen LogP contribution in [0.3, 0.4) is 0 Å². The Labute approximate surface area is 180 Å². The van der Waals surface area contributed by atoms with E-state index in [0.717, 1.165) is 16.1 Å². The van der Waals surface area contributed by atoms with Gasteiger partial charge >= 0.3 is 0 Å². The Morgan fingerprint density at radius 1 is 0.767 bits per heavy atom. The van der Waals surface area contributed by atoms with Gasteiger partial charge in [0.05, 0.1) is 6.54 Å². The lowest BCUT2D eigenvalue weighted by Crippen LogP contribution is -2.34. The Kier molecular flexibility index (Phi) is 6.00. The third-order valence-corrected chi connectivity index (χ3v) is 5.98. The molecule has 0 radical (unpaired) electrons. The molecule has 0 aromatic heterocycles. The maximum atomic E-state index is 13.5. The van der Waals surface area contributed by atoms with Gasteiger partial charge in [0, 0.05) is 17.1 Å². The standard InChI is InChI=1S/C25H22N2O2S/c1-2-26(20-14-8-4-9-15-20)22-23(30-21-16-10-5-11-17-21)25(29)27(24(22)28)18-19-12-6-3-7-13-19/h3-17H,2,18H2,1H3. The summed E-state index contributed by atoms with van der Waals surface area (Å²) in [6.45, 7) is 2.83. The van der Waals surface area contributed by atoms with Crippen molar-refractivity contribution in [2.45, 2.75) is 18.4 Å². The Morgan fingerprint density at radius 3 is 1.93 bits per heavy atom. The molecule has 2 amide bonds. The van der Waals surface area contributed by atoms with Crippen molar-refractivity contribution in [3.63, 3.8) is 0 Å². The number of carbonyl (C=O) groups is 2. The molecule has 30 heavy (non-hydrogen) atoms. The lowest BCUT2D eigenvalue weighted by molar-refractivity contribution is -0.138. The van der Waals surface area contributed by atoms with E-state index < -0.39 is 0 Å². The largest absolute Gasteiger partial charge is 0.336 e. The summed E-state index contributed by atoms with van der Waals surface area (Å²) in [5.74, 6) is -0.505. The number of hydrogen-bond acceptors (Lipinski definition) is 4. The summed E-state index contributed by atoms with van der Waals surface area (Å²) in [5.41, 5.74) is 2.26. The zero-order valence-corrected chi connectivity index (χ0v) is 17.5. The molecule has 5 heteroatoms. The number of thioether (sulfide) groups is 1. The van der Waals surface area contributed by atoms with Crippen LogP contribution < -0.4 is 4.90 Å². The van der Waals surface area contributed by atoms with Gasteiger partial charge in [0.25, 0.3) is 11.8 Å². The summed E-state index contributed by atoms with van der Waals surface area (Å²) in [6.07, 6.45) is 0. The Morgan fingerprint density at radius 2 is 1.33 bits per heavy atom. The third-order valence-electron chi connectivity index (χ3n) is 4.90. The fraction of sp³-hybridized carbons (Fsp3) is 0.120. The molecule has 0 bridgehead atoms. The first kappa shape index (κ1) is 20.0. The van der Waals surface area contributed by atoms with Crippen molar-refractivity contribution in [2.75, 3.05) is 11.4 Å². The molecule has 0 N–H and O–H groups in total. The van der Waals surface area contributed by atoms with E-state index in [4.69, 9.17) is 0 Å². The van der Waals surface area contributed by atoms with Gasteiger partial charge in [0.1, 0.15) is 10.6 Å². The van der Waals surface area contributed by atoms with Crippen molar-refractivity contribution in [1.82, 2.24) is 4.90 Å². The van der Waals surface area contributed by atoms with Gasteiger partial charge in [-0.2, -0.15) is 0 Å². The molecule has 0 atom stereocenters. The lowest BCUT2D eigenvalue weighted by atomic mass is 10.2. The predicted molar refractivity (Wildman–Crippen MR) is 121 cm³/mol. The van der Waals surface area contributed by atoms with E-state index in [9.17, 15) is 9.59 Å². The van der Waals surface area contributed by atoms with E-state index in [-0.39, 0.29) is 18.4 Å². The second-order valence-electron chi connectivity index (χ2n) is 6.85. The monoisotopic (exact) mass is 414 g/mol. The smallest absolute Gasteiger partial charge is 0.279 e. The number of para-hydroxylation sites is 1. The molecule has 0 saturated carbocycles. The van der Waals surface area contributed by atoms with Gasteiger partial charge in [-0.05, 0) is 36.8 Å². The van der Waals surface area contributed by atoms with Crippen molar-refractivity contribution in [3.05, 3.63) is 107 Å². The lowest BCUT2D eigenvalue weighted by Gasteiger charge is -2.24. The van der Waals surface area contributed by atoms with Crippen LogP contribution in [0.5, 0.6) is 0 Å². The highest BCUT2D eigenvalue weighted by Crippen LogP contribution is 2.38. The van der Waals surface area contributed by atoms with E-state index in [1.807, 2.05) is 103 Å². The molecule has 1 heterocycles. The normalized spacial score (nSPS) is 13.8. The van der Waals surface area contributed by atoms with Crippen LogP contribution in [-0.2, 0) is 16.1 Å². The Balaban J connectivity index is 1.75. The van der Waals surface area contributed by atoms with Crippen LogP contribution in [-0.4, -0.2) is 23.3 Å². The SMILES string of the molecule is CCN(C1=C(Sc2ccccc2)C(=O)N(Cc2ccccc2)C1=O)c1ccccc1. The van der Waals surface area contributed by atoms with E-state index in [2.05, 4.69) is 0 Å². The van der Waals surface area contributed by atoms with E-state index in [1.165, 1.54) is 16.7 Å². The third kappa shape index (κ3) is 4.02. The van der Waals surface area contributed by atoms with Crippen LogP contribution in [0.15, 0.2) is 106 Å². The number of anilines is 1. The van der Waals surface area contributed by atoms with Gasteiger partial charge < -0.3 is 4.90 Å². The minimum atomic E-state index is -0.256. The van der Waals surface area contributed by atoms with Crippen molar-refractivity contribution >= 4 is 29.3 Å². The van der Waals surface area contributed by atoms with Gasteiger partial charge in [-0.25, -0.2) is 0 Å². The van der Waals surface area contributed by atoms with Gasteiger partial charge in [0.15, 0.2) is 0 Å². The van der Waals surface area contributed by atoms with Crippen LogP contribution in [0.1, 0.15) is 12.5 Å². The number of imide groups is 1. The molecule has 1 aliphatic heterocycles. The zero-order chi connectivity index (χ0) is 20.9. The summed E-state index contributed by atoms with van der Waals surface area (Å²) in [5, 5.41) is 0. The van der Waals surface area contributed by atoms with Crippen molar-refractivity contribution in [2.24, 2.45) is 0 Å². The molecule has 0 spiro atoms. The predicted octanol–water partition coefficient (Wildman–Crippen LogP) is 5.09. The molecule has 4 nitrogen and oxygen atoms in total. The summed E-state index contributed by atoms with van der Waals surface area (Å²) >= 11 is 1.35. The quantitative estimate of drug-likeness (QED) is 0.505. The number of benzene rings is 3. The fourth-order valence-electron chi connectivity index (χ4n) is 3.46. The molecule has 1 aliphatic rings. The first-order valence-electron chi connectivity index (χ1n) is 9.89. The first-order valence-corrected chi connectivity index (χ1v) is 10.7. The van der Waals surface area contributed by atoms with Crippen molar-refractivity contribution in [1.29, 1.82) is 0 Å². The van der Waals surface area contributed by atoms with Crippen LogP contribution in [0, 0.1) is 0 Å². The molecule has 3 aromatic rings. The molecule has 150 valence electrons. The van der Waals surface area contributed by atoms with E-state index in [0.29, 0.717) is 17.1 Å². The average Bonchev–Trinajstić information content (AvgIpc) is 3.01. The molecule has 0 unspecified atom stereocenters. The molecule has 0 saturated heterocycles. The molecular formula is C25H22N2O2S. The summed E-state index contributed by atoms with van der Waals surface area (Å²) in [4.78, 5) is 31.5. The van der Waals surface area contributed by atoms with E-state index >= 15 is 0 Å².